The van der Waals surface area contributed by atoms with Crippen molar-refractivity contribution in [2.24, 2.45) is 11.3 Å². The van der Waals surface area contributed by atoms with Gasteiger partial charge in [0.05, 0.1) is 18.6 Å². The van der Waals surface area contributed by atoms with Gasteiger partial charge in [0.1, 0.15) is 5.75 Å². The lowest BCUT2D eigenvalue weighted by Gasteiger charge is -2.33. The highest BCUT2D eigenvalue weighted by Gasteiger charge is 2.59. The van der Waals surface area contributed by atoms with Crippen molar-refractivity contribution in [3.63, 3.8) is 0 Å². The fourth-order valence-electron chi connectivity index (χ4n) is 3.37. The monoisotopic (exact) mass is 367 g/mol. The van der Waals surface area contributed by atoms with E-state index >= 15 is 0 Å². The Hall–Kier alpha value is -1.56. The highest BCUT2D eigenvalue weighted by molar-refractivity contribution is 9.10. The summed E-state index contributed by atoms with van der Waals surface area (Å²) in [4.78, 5) is 25.6. The highest BCUT2D eigenvalue weighted by atomic mass is 79.9. The number of amides is 1. The number of carbonyl (C=O) groups excluding carboxylic acids is 1. The Kier molecular flexibility index (Phi) is 3.89. The number of rotatable bonds is 3. The first kappa shape index (κ1) is 15.3. The van der Waals surface area contributed by atoms with Crippen LogP contribution in [0.15, 0.2) is 22.7 Å². The third kappa shape index (κ3) is 2.60. The van der Waals surface area contributed by atoms with E-state index in [1.165, 1.54) is 0 Å². The second-order valence-electron chi connectivity index (χ2n) is 6.10. The van der Waals surface area contributed by atoms with E-state index in [0.29, 0.717) is 24.4 Å². The number of methoxy groups -OCH3 is 1. The Morgan fingerprint density at radius 3 is 2.59 bits per heavy atom. The van der Waals surface area contributed by atoms with Crippen LogP contribution in [-0.4, -0.2) is 42.1 Å². The molecule has 5 nitrogen and oxygen atoms in total. The summed E-state index contributed by atoms with van der Waals surface area (Å²) < 4.78 is 5.92. The van der Waals surface area contributed by atoms with E-state index in [4.69, 9.17) is 9.84 Å². The van der Waals surface area contributed by atoms with Crippen LogP contribution in [0.25, 0.3) is 0 Å². The van der Waals surface area contributed by atoms with Gasteiger partial charge in [-0.3, -0.25) is 9.59 Å². The van der Waals surface area contributed by atoms with Gasteiger partial charge in [-0.25, -0.2) is 0 Å². The summed E-state index contributed by atoms with van der Waals surface area (Å²) in [5.41, 5.74) is 0.523. The van der Waals surface area contributed by atoms with Crippen LogP contribution in [0.3, 0.4) is 0 Å². The maximum Gasteiger partial charge on any atom is 0.307 e. The van der Waals surface area contributed by atoms with Crippen molar-refractivity contribution in [2.45, 2.75) is 19.3 Å². The maximum absolute atomic E-state index is 12.7. The predicted molar refractivity (Wildman–Crippen MR) is 84.0 cm³/mol. The lowest BCUT2D eigenvalue weighted by molar-refractivity contribution is -0.139. The maximum atomic E-state index is 12.7. The van der Waals surface area contributed by atoms with Gasteiger partial charge in [-0.1, -0.05) is 0 Å². The van der Waals surface area contributed by atoms with Crippen LogP contribution in [0.4, 0.5) is 0 Å². The summed E-state index contributed by atoms with van der Waals surface area (Å²) in [5, 5.41) is 9.12. The van der Waals surface area contributed by atoms with Crippen molar-refractivity contribution in [2.75, 3.05) is 20.2 Å². The van der Waals surface area contributed by atoms with Crippen molar-refractivity contribution < 1.29 is 19.4 Å². The van der Waals surface area contributed by atoms with Gasteiger partial charge < -0.3 is 14.7 Å². The average molecular weight is 368 g/mol. The minimum Gasteiger partial charge on any atom is -0.497 e. The van der Waals surface area contributed by atoms with Gasteiger partial charge in [0.15, 0.2) is 0 Å². The number of aliphatic carboxylic acids is 1. The van der Waals surface area contributed by atoms with E-state index in [1.807, 2.05) is 4.90 Å². The van der Waals surface area contributed by atoms with Gasteiger partial charge in [0.25, 0.3) is 5.91 Å². The van der Waals surface area contributed by atoms with Gasteiger partial charge in [-0.15, -0.1) is 0 Å². The minimum atomic E-state index is -0.699. The van der Waals surface area contributed by atoms with Crippen molar-refractivity contribution in [1.29, 1.82) is 0 Å². The standard InChI is InChI=1S/C16H18BrNO4/c1-22-10-2-3-13(17)11(8-10)14(19)18-6-4-16(5-7-18)9-12(16)15(20)21/h2-3,8,12H,4-7,9H2,1H3,(H,20,21). The summed E-state index contributed by atoms with van der Waals surface area (Å²) in [6.07, 6.45) is 2.31. The molecule has 1 spiro atoms. The number of likely N-dealkylation sites (tertiary alicyclic amines) is 1. The van der Waals surface area contributed by atoms with Crippen molar-refractivity contribution in [3.8, 4) is 5.75 Å². The molecule has 1 atom stereocenters. The van der Waals surface area contributed by atoms with Gasteiger partial charge in [0, 0.05) is 17.6 Å². The molecular formula is C16H18BrNO4. The molecule has 6 heteroatoms. The molecule has 2 fully saturated rings. The van der Waals surface area contributed by atoms with Crippen LogP contribution in [0, 0.1) is 11.3 Å². The first-order valence-electron chi connectivity index (χ1n) is 7.32. The molecule has 1 saturated heterocycles. The van der Waals surface area contributed by atoms with Gasteiger partial charge >= 0.3 is 5.97 Å². The van der Waals surface area contributed by atoms with E-state index < -0.39 is 5.97 Å². The number of piperidine rings is 1. The molecule has 1 amide bonds. The summed E-state index contributed by atoms with van der Waals surface area (Å²) in [7, 11) is 1.57. The van der Waals surface area contributed by atoms with Crippen LogP contribution in [-0.2, 0) is 4.79 Å². The number of carboxylic acid groups (broad SMARTS) is 1. The van der Waals surface area contributed by atoms with Crippen LogP contribution in [0.2, 0.25) is 0 Å². The predicted octanol–water partition coefficient (Wildman–Crippen LogP) is 2.78. The number of carboxylic acids is 1. The summed E-state index contributed by atoms with van der Waals surface area (Å²) >= 11 is 3.41. The molecule has 1 aromatic carbocycles. The van der Waals surface area contributed by atoms with Gasteiger partial charge in [-0.2, -0.15) is 0 Å². The minimum absolute atomic E-state index is 0.0341. The Balaban J connectivity index is 1.69. The Bertz CT molecular complexity index is 623. The van der Waals surface area contributed by atoms with E-state index in [9.17, 15) is 9.59 Å². The van der Waals surface area contributed by atoms with Crippen LogP contribution in [0.1, 0.15) is 29.6 Å². The topological polar surface area (TPSA) is 66.8 Å². The van der Waals surface area contributed by atoms with Crippen molar-refractivity contribution in [3.05, 3.63) is 28.2 Å². The first-order chi connectivity index (χ1) is 10.5. The van der Waals surface area contributed by atoms with Crippen LogP contribution < -0.4 is 4.74 Å². The van der Waals surface area contributed by atoms with Crippen LogP contribution in [0.5, 0.6) is 5.75 Å². The van der Waals surface area contributed by atoms with E-state index in [-0.39, 0.29) is 17.2 Å². The first-order valence-corrected chi connectivity index (χ1v) is 8.12. The molecule has 1 heterocycles. The molecule has 3 rings (SSSR count). The SMILES string of the molecule is COc1ccc(Br)c(C(=O)N2CCC3(CC2)CC3C(=O)O)c1. The number of benzene rings is 1. The summed E-state index contributed by atoms with van der Waals surface area (Å²) in [5.74, 6) is -0.301. The molecule has 1 aliphatic heterocycles. The number of ether oxygens (including phenoxy) is 1. The fourth-order valence-corrected chi connectivity index (χ4v) is 3.79. The second-order valence-corrected chi connectivity index (χ2v) is 6.95. The van der Waals surface area contributed by atoms with Gasteiger partial charge in [-0.05, 0) is 58.8 Å². The zero-order chi connectivity index (χ0) is 15.9. The van der Waals surface area contributed by atoms with E-state index in [0.717, 1.165) is 23.7 Å². The summed E-state index contributed by atoms with van der Waals surface area (Å²) in [6.45, 7) is 1.23. The highest BCUT2D eigenvalue weighted by Crippen LogP contribution is 2.59. The lowest BCUT2D eigenvalue weighted by atomic mass is 9.90. The molecule has 1 aromatic rings. The third-order valence-electron chi connectivity index (χ3n) is 4.94. The third-order valence-corrected chi connectivity index (χ3v) is 5.63. The zero-order valence-electron chi connectivity index (χ0n) is 12.3. The number of nitrogens with zero attached hydrogens (tertiary/aromatic N) is 1. The second kappa shape index (κ2) is 5.57. The molecule has 0 radical (unpaired) electrons. The van der Waals surface area contributed by atoms with E-state index in [1.54, 1.807) is 25.3 Å². The smallest absolute Gasteiger partial charge is 0.307 e. The number of halogens is 1. The summed E-state index contributed by atoms with van der Waals surface area (Å²) in [6, 6.07) is 5.33. The number of carbonyl (C=O) groups is 2. The molecule has 2 aliphatic rings. The number of hydrogen-bond donors (Lipinski definition) is 1. The largest absolute Gasteiger partial charge is 0.497 e. The fraction of sp³-hybridized carbons (Fsp3) is 0.500. The Labute approximate surface area is 137 Å². The molecule has 118 valence electrons. The molecule has 1 saturated carbocycles. The normalized spacial score (nSPS) is 22.5. The molecule has 1 aliphatic carbocycles. The molecule has 22 heavy (non-hydrogen) atoms. The van der Waals surface area contributed by atoms with Crippen molar-refractivity contribution in [1.82, 2.24) is 4.90 Å². The molecular weight excluding hydrogens is 350 g/mol. The molecule has 1 unspecified atom stereocenters. The molecule has 0 bridgehead atoms. The van der Waals surface area contributed by atoms with Crippen molar-refractivity contribution >= 4 is 27.8 Å². The lowest BCUT2D eigenvalue weighted by Crippen LogP contribution is -2.40. The average Bonchev–Trinajstić information content (AvgIpc) is 3.22. The number of hydrogen-bond acceptors (Lipinski definition) is 3. The molecule has 0 aromatic heterocycles. The zero-order valence-corrected chi connectivity index (χ0v) is 13.9. The Morgan fingerprint density at radius 1 is 1.36 bits per heavy atom. The Morgan fingerprint density at radius 2 is 2.05 bits per heavy atom. The van der Waals surface area contributed by atoms with E-state index in [2.05, 4.69) is 15.9 Å². The molecule has 1 N–H and O–H groups in total. The quantitative estimate of drug-likeness (QED) is 0.891. The van der Waals surface area contributed by atoms with Crippen LogP contribution >= 0.6 is 15.9 Å². The van der Waals surface area contributed by atoms with Gasteiger partial charge in [0.2, 0.25) is 0 Å².